The number of phosphoric ester groups is 3. The van der Waals surface area contributed by atoms with Crippen molar-refractivity contribution >= 4 is 98.6 Å². The van der Waals surface area contributed by atoms with Crippen LogP contribution in [0.1, 0.15) is 149 Å². The Hall–Kier alpha value is -4.93. The number of hydrogen-bond donors (Lipinski definition) is 9. The second-order valence-electron chi connectivity index (χ2n) is 25.7. The number of rotatable bonds is 42. The number of ether oxygens (including phenoxy) is 6. The van der Waals surface area contributed by atoms with E-state index >= 15 is 0 Å². The number of imidazole rings is 3. The van der Waals surface area contributed by atoms with Gasteiger partial charge < -0.3 is 75.4 Å². The third-order valence-corrected chi connectivity index (χ3v) is 23.9. The molecular formula is C58H91N15O24P4S. The number of aromatic nitrogens is 12. The molecule has 4 fully saturated rings. The number of methoxy groups -OCH3 is 1. The molecule has 10 heterocycles. The van der Waals surface area contributed by atoms with Crippen LogP contribution in [-0.2, 0) is 83.1 Å². The Morgan fingerprint density at radius 3 is 1.66 bits per heavy atom. The van der Waals surface area contributed by atoms with Gasteiger partial charge in [-0.1, -0.05) is 96.8 Å². The summed E-state index contributed by atoms with van der Waals surface area (Å²) in [6.07, 6.45) is 7.05. The molecule has 102 heavy (non-hydrogen) atoms. The van der Waals surface area contributed by atoms with Crippen molar-refractivity contribution in [1.29, 1.82) is 0 Å². The lowest BCUT2D eigenvalue weighted by atomic mass is 9.87. The van der Waals surface area contributed by atoms with Crippen molar-refractivity contribution in [3.8, 4) is 0 Å². The second-order valence-corrected chi connectivity index (χ2v) is 34.0. The number of anilines is 3. The van der Waals surface area contributed by atoms with E-state index in [1.807, 2.05) is 13.8 Å². The summed E-state index contributed by atoms with van der Waals surface area (Å²) >= 11 is 0.497. The van der Waals surface area contributed by atoms with Gasteiger partial charge in [0.1, 0.15) is 96.6 Å². The fourth-order valence-electron chi connectivity index (χ4n) is 12.8. The smallest absolute Gasteiger partial charge is 0.464 e. The summed E-state index contributed by atoms with van der Waals surface area (Å²) < 4.78 is 135. The molecule has 0 spiro atoms. The van der Waals surface area contributed by atoms with Gasteiger partial charge in [0.2, 0.25) is 0 Å². The Labute approximate surface area is 590 Å². The summed E-state index contributed by atoms with van der Waals surface area (Å²) in [5.74, 6) is -0.767. The highest BCUT2D eigenvalue weighted by Crippen LogP contribution is 2.62. The average molecular weight is 1540 g/mol. The Bertz CT molecular complexity index is 3960. The summed E-state index contributed by atoms with van der Waals surface area (Å²) in [4.78, 5) is 96.1. The first-order valence-corrected chi connectivity index (χ1v) is 41.3. The molecule has 0 aliphatic carbocycles. The van der Waals surface area contributed by atoms with E-state index in [9.17, 15) is 47.7 Å². The number of phosphoric acid groups is 3. The van der Waals surface area contributed by atoms with Crippen molar-refractivity contribution < 1.29 is 113 Å². The van der Waals surface area contributed by atoms with E-state index in [0.717, 1.165) is 51.0 Å². The SMILES string of the molecule is CCCCCCCCCCCCCCCCC(C)(C)C(=O)OCCSP(=O)(O)O[C@H]1C2OCCC[C@]2(COP(=O)(O)O[C@H]2C(O)[C@@H](COP(=O)(O)O[C@H]3C(OC)[C@@H](COP(=O)(O)OCCO)O[C@H]3n3cnc4c(N)ncnc43)O[C@H]2n2cnc3c(N)ncnc32)O[C@H]1n1cnc2c(N)ncnc21. The third-order valence-electron chi connectivity index (χ3n) is 18.0. The van der Waals surface area contributed by atoms with Crippen LogP contribution in [0, 0.1) is 5.41 Å². The highest BCUT2D eigenvalue weighted by Gasteiger charge is 2.62. The lowest BCUT2D eigenvalue weighted by Crippen LogP contribution is -2.51. The number of aliphatic hydroxyl groups is 2. The van der Waals surface area contributed by atoms with Crippen LogP contribution >= 0.6 is 41.6 Å². The van der Waals surface area contributed by atoms with Gasteiger partial charge in [-0.05, 0) is 44.5 Å². The number of esters is 1. The molecule has 44 heteroatoms. The minimum absolute atomic E-state index is 0.0114. The van der Waals surface area contributed by atoms with Gasteiger partial charge in [0, 0.05) is 19.5 Å². The number of unbranched alkanes of at least 4 members (excludes halogenated alkanes) is 13. The topological polar surface area (TPSA) is 536 Å². The minimum Gasteiger partial charge on any atom is -0.464 e. The van der Waals surface area contributed by atoms with Gasteiger partial charge in [0.25, 0.3) is 0 Å². The second kappa shape index (κ2) is 35.2. The molecule has 10 rings (SSSR count). The Balaban J connectivity index is 0.805. The van der Waals surface area contributed by atoms with Gasteiger partial charge in [-0.25, -0.2) is 63.1 Å². The first-order chi connectivity index (χ1) is 48.7. The zero-order valence-electron chi connectivity index (χ0n) is 56.8. The van der Waals surface area contributed by atoms with Crippen LogP contribution in [0.3, 0.4) is 0 Å². The minimum atomic E-state index is -5.54. The number of hydrogen-bond acceptors (Lipinski definition) is 33. The van der Waals surface area contributed by atoms with Gasteiger partial charge in [0.05, 0.1) is 57.4 Å². The summed E-state index contributed by atoms with van der Waals surface area (Å²) in [6, 6.07) is 0. The van der Waals surface area contributed by atoms with Crippen LogP contribution in [0.5, 0.6) is 0 Å². The fourth-order valence-corrected chi connectivity index (χ4v) is 17.8. The molecule has 0 aromatic carbocycles. The molecule has 0 radical (unpaired) electrons. The number of aliphatic hydroxyl groups excluding tert-OH is 2. The molecular weight excluding hydrogens is 1450 g/mol. The Morgan fingerprint density at radius 1 is 0.618 bits per heavy atom. The van der Waals surface area contributed by atoms with Crippen LogP contribution < -0.4 is 17.2 Å². The number of carbonyl (C=O) groups is 1. The zero-order chi connectivity index (χ0) is 73.0. The van der Waals surface area contributed by atoms with Gasteiger partial charge in [-0.3, -0.25) is 50.2 Å². The lowest BCUT2D eigenvalue weighted by molar-refractivity contribution is -0.165. The largest absolute Gasteiger partial charge is 0.472 e. The van der Waals surface area contributed by atoms with Gasteiger partial charge >= 0.3 is 36.2 Å². The zero-order valence-corrected chi connectivity index (χ0v) is 61.2. The molecule has 568 valence electrons. The van der Waals surface area contributed by atoms with E-state index < -0.39 is 148 Å². The number of nitrogen functional groups attached to an aromatic ring is 3. The monoisotopic (exact) mass is 1540 g/mol. The van der Waals surface area contributed by atoms with E-state index in [1.165, 1.54) is 97.7 Å². The molecule has 4 aliphatic heterocycles. The lowest BCUT2D eigenvalue weighted by Gasteiger charge is -2.38. The van der Waals surface area contributed by atoms with Crippen molar-refractivity contribution in [2.75, 3.05) is 76.3 Å². The molecule has 0 amide bonds. The van der Waals surface area contributed by atoms with E-state index in [4.69, 9.17) is 82.4 Å². The quantitative estimate of drug-likeness (QED) is 0.0110. The first kappa shape index (κ1) is 79.6. The standard InChI is InChI=1S/C58H91N15O24P4S/c1-5-6-7-8-9-10-11-12-13-14-15-16-17-18-20-57(2,3)56(76)87-25-26-102-101(83,84)97-45-46-58(21-19-23-86-46,94-55(45)73-35-70-40-49(61)64-32-67-52(40)73)29-91-100(81,82)95-43-41(75)36(92-53(43)71-33-68-38-47(59)62-30-65-50(38)71)27-90-99(79,80)96-44-42(85-4)37(28-89-98(77,78)88-24-22-74)93-54(44)72-34-69-39-48(60)63-31-66-51(39)72/h30-37,41-46,53-55,74-75H,5-29H2,1-4H3,(H,77,78)(H,79,80)(H,81,82)(H,83,84)(H2,59,62,65)(H2,60,63,66)(H2,61,64,67)/t36-,37-,41?,42?,43+,44+,45+,46?,53-,54-,55-,58-/m1/s1. The third kappa shape index (κ3) is 19.6. The van der Waals surface area contributed by atoms with Crippen molar-refractivity contribution in [2.45, 2.75) is 203 Å². The molecule has 39 nitrogen and oxygen atoms in total. The molecule has 6 aromatic rings. The van der Waals surface area contributed by atoms with Crippen LogP contribution in [0.4, 0.5) is 17.5 Å². The molecule has 16 atom stereocenters. The molecule has 4 saturated heterocycles. The summed E-state index contributed by atoms with van der Waals surface area (Å²) in [5, 5.41) is 21.3. The number of nitrogens with two attached hydrogens (primary N) is 3. The average Bonchev–Trinajstić information content (AvgIpc) is 1.59. The van der Waals surface area contributed by atoms with Crippen molar-refractivity contribution in [2.24, 2.45) is 5.41 Å². The van der Waals surface area contributed by atoms with Crippen molar-refractivity contribution in [3.05, 3.63) is 38.0 Å². The maximum Gasteiger partial charge on any atom is 0.472 e. The van der Waals surface area contributed by atoms with Gasteiger partial charge in [-0.2, -0.15) is 0 Å². The molecule has 0 bridgehead atoms. The molecule has 4 aliphatic rings. The molecule has 12 N–H and O–H groups in total. The van der Waals surface area contributed by atoms with Crippen LogP contribution in [-0.4, -0.2) is 208 Å². The highest BCUT2D eigenvalue weighted by molar-refractivity contribution is 8.54. The van der Waals surface area contributed by atoms with E-state index in [-0.39, 0.29) is 82.8 Å². The highest BCUT2D eigenvalue weighted by atomic mass is 32.7. The summed E-state index contributed by atoms with van der Waals surface area (Å²) in [5.41, 5.74) is 16.1. The van der Waals surface area contributed by atoms with Crippen LogP contribution in [0.2, 0.25) is 0 Å². The van der Waals surface area contributed by atoms with E-state index in [0.29, 0.717) is 17.8 Å². The van der Waals surface area contributed by atoms with E-state index in [1.54, 1.807) is 0 Å². The number of carbonyl (C=O) groups excluding carboxylic acids is 1. The summed E-state index contributed by atoms with van der Waals surface area (Å²) in [7, 11) is -14.6. The normalized spacial score (nSPS) is 27.1. The van der Waals surface area contributed by atoms with E-state index in [2.05, 4.69) is 51.8 Å². The predicted octanol–water partition coefficient (Wildman–Crippen LogP) is 6.66. The Kier molecular flexibility index (Phi) is 27.5. The maximum absolute atomic E-state index is 14.6. The molecule has 7 unspecified atom stereocenters. The van der Waals surface area contributed by atoms with Crippen molar-refractivity contribution in [3.63, 3.8) is 0 Å². The fraction of sp³-hybridized carbons (Fsp3) is 0.724. The summed E-state index contributed by atoms with van der Waals surface area (Å²) in [6.45, 7) is -2.89. The van der Waals surface area contributed by atoms with Gasteiger partial charge in [0.15, 0.2) is 53.1 Å². The molecule has 6 aromatic heterocycles. The van der Waals surface area contributed by atoms with Crippen LogP contribution in [0.25, 0.3) is 33.5 Å². The van der Waals surface area contributed by atoms with Crippen LogP contribution in [0.15, 0.2) is 38.0 Å². The first-order valence-electron chi connectivity index (χ1n) is 33.7. The van der Waals surface area contributed by atoms with Gasteiger partial charge in [-0.15, -0.1) is 0 Å². The Morgan fingerprint density at radius 2 is 1.11 bits per heavy atom. The predicted molar refractivity (Wildman–Crippen MR) is 363 cm³/mol. The maximum atomic E-state index is 14.6. The number of fused-ring (bicyclic) bond motifs is 4. The molecule has 0 saturated carbocycles. The van der Waals surface area contributed by atoms with Crippen molar-refractivity contribution in [1.82, 2.24) is 58.6 Å². The number of nitrogens with zero attached hydrogens (tertiary/aromatic N) is 12.